The van der Waals surface area contributed by atoms with E-state index in [0.29, 0.717) is 0 Å². The third kappa shape index (κ3) is 3.21. The van der Waals surface area contributed by atoms with Crippen LogP contribution in [0.25, 0.3) is 0 Å². The Morgan fingerprint density at radius 3 is 2.73 bits per heavy atom. The number of likely N-dealkylation sites (N-methyl/N-ethyl adjacent to an activating group) is 2. The fourth-order valence-electron chi connectivity index (χ4n) is 1.16. The van der Waals surface area contributed by atoms with Crippen LogP contribution in [0.2, 0.25) is 0 Å². The number of thiophene rings is 1. The summed E-state index contributed by atoms with van der Waals surface area (Å²) in [5, 5.41) is 7.05. The first-order valence-electron chi connectivity index (χ1n) is 4.86. The van der Waals surface area contributed by atoms with Gasteiger partial charge in [-0.1, -0.05) is 0 Å². The molecule has 0 aliphatic carbocycles. The lowest BCUT2D eigenvalue weighted by molar-refractivity contribution is 0.0801. The molecule has 4 nitrogen and oxygen atoms in total. The van der Waals surface area contributed by atoms with Crippen LogP contribution >= 0.6 is 11.3 Å². The number of hydrogen-bond acceptors (Lipinski definition) is 4. The molecule has 0 spiro atoms. The van der Waals surface area contributed by atoms with Crippen LogP contribution in [0.15, 0.2) is 12.1 Å². The molecule has 0 radical (unpaired) electrons. The SMILES string of the molecule is CNCCN(C)C(=O)c1ccc(NC)s1. The molecule has 15 heavy (non-hydrogen) atoms. The number of nitrogens with zero attached hydrogens (tertiary/aromatic N) is 1. The average molecular weight is 227 g/mol. The van der Waals surface area contributed by atoms with Gasteiger partial charge in [0, 0.05) is 27.2 Å². The second kappa shape index (κ2) is 5.72. The Kier molecular flexibility index (Phi) is 4.58. The Hall–Kier alpha value is -1.07. The topological polar surface area (TPSA) is 44.4 Å². The Morgan fingerprint density at radius 2 is 2.20 bits per heavy atom. The molecule has 0 aromatic carbocycles. The van der Waals surface area contributed by atoms with E-state index in [1.54, 1.807) is 4.90 Å². The summed E-state index contributed by atoms with van der Waals surface area (Å²) in [7, 11) is 5.55. The minimum absolute atomic E-state index is 0.0803. The van der Waals surface area contributed by atoms with E-state index < -0.39 is 0 Å². The monoisotopic (exact) mass is 227 g/mol. The van der Waals surface area contributed by atoms with E-state index in [9.17, 15) is 4.79 Å². The van der Waals surface area contributed by atoms with Gasteiger partial charge in [0.15, 0.2) is 0 Å². The Balaban J connectivity index is 2.59. The highest BCUT2D eigenvalue weighted by atomic mass is 32.1. The molecule has 5 heteroatoms. The second-order valence-corrected chi connectivity index (χ2v) is 4.33. The largest absolute Gasteiger partial charge is 0.380 e. The zero-order chi connectivity index (χ0) is 11.3. The molecular weight excluding hydrogens is 210 g/mol. The van der Waals surface area contributed by atoms with E-state index in [2.05, 4.69) is 10.6 Å². The van der Waals surface area contributed by atoms with E-state index in [1.807, 2.05) is 33.3 Å². The van der Waals surface area contributed by atoms with E-state index in [0.717, 1.165) is 23.0 Å². The first-order valence-corrected chi connectivity index (χ1v) is 5.68. The van der Waals surface area contributed by atoms with Crippen molar-refractivity contribution in [3.63, 3.8) is 0 Å². The van der Waals surface area contributed by atoms with Crippen molar-refractivity contribution in [2.75, 3.05) is 39.5 Å². The van der Waals surface area contributed by atoms with Crippen LogP contribution in [0.4, 0.5) is 5.00 Å². The lowest BCUT2D eigenvalue weighted by atomic mass is 10.4. The molecule has 0 unspecified atom stereocenters. The fraction of sp³-hybridized carbons (Fsp3) is 0.500. The van der Waals surface area contributed by atoms with Gasteiger partial charge >= 0.3 is 0 Å². The number of carbonyl (C=O) groups excluding carboxylic acids is 1. The fourth-order valence-corrected chi connectivity index (χ4v) is 2.01. The Bertz CT molecular complexity index is 324. The number of hydrogen-bond donors (Lipinski definition) is 2. The van der Waals surface area contributed by atoms with Gasteiger partial charge in [-0.05, 0) is 19.2 Å². The molecule has 1 aromatic rings. The summed E-state index contributed by atoms with van der Waals surface area (Å²) in [6.45, 7) is 1.54. The highest BCUT2D eigenvalue weighted by Gasteiger charge is 2.13. The molecule has 1 heterocycles. The number of amides is 1. The average Bonchev–Trinajstić information content (AvgIpc) is 2.73. The van der Waals surface area contributed by atoms with Crippen LogP contribution in [0, 0.1) is 0 Å². The van der Waals surface area contributed by atoms with E-state index in [4.69, 9.17) is 0 Å². The summed E-state index contributed by atoms with van der Waals surface area (Å²) in [6.07, 6.45) is 0. The summed E-state index contributed by atoms with van der Waals surface area (Å²) in [5.74, 6) is 0.0803. The van der Waals surface area contributed by atoms with Crippen molar-refractivity contribution in [2.24, 2.45) is 0 Å². The summed E-state index contributed by atoms with van der Waals surface area (Å²) in [5.41, 5.74) is 0. The molecule has 84 valence electrons. The zero-order valence-electron chi connectivity index (χ0n) is 9.33. The lowest BCUT2D eigenvalue weighted by Gasteiger charge is -2.15. The van der Waals surface area contributed by atoms with Crippen molar-refractivity contribution in [2.45, 2.75) is 0 Å². The maximum Gasteiger partial charge on any atom is 0.263 e. The number of nitrogens with one attached hydrogen (secondary N) is 2. The highest BCUT2D eigenvalue weighted by Crippen LogP contribution is 2.22. The van der Waals surface area contributed by atoms with Gasteiger partial charge in [0.05, 0.1) is 9.88 Å². The third-order valence-electron chi connectivity index (χ3n) is 2.11. The Morgan fingerprint density at radius 1 is 1.47 bits per heavy atom. The standard InChI is InChI=1S/C10H17N3OS/c1-11-6-7-13(3)10(14)8-4-5-9(12-2)15-8/h4-5,11-12H,6-7H2,1-3H3. The lowest BCUT2D eigenvalue weighted by Crippen LogP contribution is -2.32. The second-order valence-electron chi connectivity index (χ2n) is 3.24. The van der Waals surface area contributed by atoms with Crippen LogP contribution in [-0.4, -0.2) is 45.0 Å². The van der Waals surface area contributed by atoms with Gasteiger partial charge in [0.2, 0.25) is 0 Å². The maximum atomic E-state index is 11.9. The predicted molar refractivity (Wildman–Crippen MR) is 64.8 cm³/mol. The molecule has 0 aliphatic rings. The molecule has 0 saturated carbocycles. The first-order chi connectivity index (χ1) is 7.19. The summed E-state index contributed by atoms with van der Waals surface area (Å²) in [6, 6.07) is 3.78. The maximum absolute atomic E-state index is 11.9. The van der Waals surface area contributed by atoms with Gasteiger partial charge in [-0.3, -0.25) is 4.79 Å². The molecule has 1 aromatic heterocycles. The van der Waals surface area contributed by atoms with Gasteiger partial charge < -0.3 is 15.5 Å². The summed E-state index contributed by atoms with van der Waals surface area (Å²) >= 11 is 1.48. The summed E-state index contributed by atoms with van der Waals surface area (Å²) in [4.78, 5) is 14.4. The molecule has 0 aliphatic heterocycles. The minimum Gasteiger partial charge on any atom is -0.380 e. The number of carbonyl (C=O) groups is 1. The van der Waals surface area contributed by atoms with Crippen LogP contribution in [-0.2, 0) is 0 Å². The van der Waals surface area contributed by atoms with Crippen molar-refractivity contribution in [1.82, 2.24) is 10.2 Å². The Labute approximate surface area is 94.3 Å². The number of rotatable bonds is 5. The quantitative estimate of drug-likeness (QED) is 0.791. The van der Waals surface area contributed by atoms with Crippen molar-refractivity contribution < 1.29 is 4.79 Å². The van der Waals surface area contributed by atoms with Gasteiger partial charge in [0.25, 0.3) is 5.91 Å². The van der Waals surface area contributed by atoms with E-state index in [-0.39, 0.29) is 5.91 Å². The van der Waals surface area contributed by atoms with Crippen LogP contribution < -0.4 is 10.6 Å². The molecule has 0 bridgehead atoms. The minimum atomic E-state index is 0.0803. The highest BCUT2D eigenvalue weighted by molar-refractivity contribution is 7.17. The van der Waals surface area contributed by atoms with Gasteiger partial charge in [-0.25, -0.2) is 0 Å². The molecule has 0 saturated heterocycles. The third-order valence-corrected chi connectivity index (χ3v) is 3.20. The van der Waals surface area contributed by atoms with Gasteiger partial charge in [-0.2, -0.15) is 0 Å². The molecule has 1 amide bonds. The van der Waals surface area contributed by atoms with Crippen molar-refractivity contribution in [1.29, 1.82) is 0 Å². The molecule has 0 atom stereocenters. The van der Waals surface area contributed by atoms with Crippen LogP contribution in [0.5, 0.6) is 0 Å². The van der Waals surface area contributed by atoms with Crippen molar-refractivity contribution in [3.8, 4) is 0 Å². The first kappa shape index (κ1) is 12.0. The van der Waals surface area contributed by atoms with Crippen molar-refractivity contribution >= 4 is 22.2 Å². The van der Waals surface area contributed by atoms with E-state index >= 15 is 0 Å². The van der Waals surface area contributed by atoms with Gasteiger partial charge in [0.1, 0.15) is 0 Å². The number of anilines is 1. The molecule has 2 N–H and O–H groups in total. The summed E-state index contributed by atoms with van der Waals surface area (Å²) < 4.78 is 0. The smallest absolute Gasteiger partial charge is 0.263 e. The van der Waals surface area contributed by atoms with Crippen molar-refractivity contribution in [3.05, 3.63) is 17.0 Å². The molecule has 0 fully saturated rings. The molecular formula is C10H17N3OS. The predicted octanol–water partition coefficient (Wildman–Crippen LogP) is 1.08. The van der Waals surface area contributed by atoms with E-state index in [1.165, 1.54) is 11.3 Å². The zero-order valence-corrected chi connectivity index (χ0v) is 10.1. The normalized spacial score (nSPS) is 10.1. The van der Waals surface area contributed by atoms with Gasteiger partial charge in [-0.15, -0.1) is 11.3 Å². The molecule has 1 rings (SSSR count). The van der Waals surface area contributed by atoms with Crippen LogP contribution in [0.3, 0.4) is 0 Å². The van der Waals surface area contributed by atoms with Crippen LogP contribution in [0.1, 0.15) is 9.67 Å².